The molecule has 0 N–H and O–H groups in total. The van der Waals surface area contributed by atoms with Crippen LogP contribution < -0.4 is 0 Å². The molecular weight excluding hydrogens is 360 g/mol. The molecule has 1 heterocycles. The molecule has 1 aromatic heterocycles. The molecule has 0 aliphatic heterocycles. The van der Waals surface area contributed by atoms with Gasteiger partial charge in [0, 0.05) is 19.4 Å². The summed E-state index contributed by atoms with van der Waals surface area (Å²) in [7, 11) is -2.40. The average Bonchev–Trinajstić information content (AvgIpc) is 3.11. The number of aromatic nitrogens is 2. The summed E-state index contributed by atoms with van der Waals surface area (Å²) in [6.45, 7) is -2.97. The highest BCUT2D eigenvalue weighted by atomic mass is 32.2. The first-order chi connectivity index (χ1) is 12.4. The van der Waals surface area contributed by atoms with Crippen LogP contribution in [-0.2, 0) is 16.6 Å². The highest BCUT2D eigenvalue weighted by Gasteiger charge is 2.24. The molecule has 142 valence electrons. The van der Waals surface area contributed by atoms with Crippen molar-refractivity contribution in [3.05, 3.63) is 48.0 Å². The van der Waals surface area contributed by atoms with Crippen LogP contribution in [0.3, 0.4) is 0 Å². The third kappa shape index (κ3) is 3.96. The largest absolute Gasteiger partial charge is 0.319 e. The molecule has 0 amide bonds. The summed E-state index contributed by atoms with van der Waals surface area (Å²) in [5.74, 6) is 0.502. The minimum atomic E-state index is -3.77. The molecule has 0 unspecified atom stereocenters. The van der Waals surface area contributed by atoms with Crippen LogP contribution in [0, 0.1) is 0 Å². The average molecular weight is 383 g/mol. The fourth-order valence-corrected chi connectivity index (χ4v) is 4.58. The topological polar surface area (TPSA) is 55.2 Å². The molecule has 26 heavy (non-hydrogen) atoms. The summed E-state index contributed by atoms with van der Waals surface area (Å²) in [5.41, 5.74) is 1.17. The third-order valence-electron chi connectivity index (χ3n) is 4.99. The van der Waals surface area contributed by atoms with E-state index in [0.29, 0.717) is 10.5 Å². The van der Waals surface area contributed by atoms with E-state index >= 15 is 0 Å². The summed E-state index contributed by atoms with van der Waals surface area (Å²) in [6, 6.07) is 6.96. The molecule has 0 atom stereocenters. The molecule has 1 fully saturated rings. The maximum Gasteiger partial charge on any atom is 0.319 e. The molecule has 8 heteroatoms. The Morgan fingerprint density at radius 2 is 1.85 bits per heavy atom. The fourth-order valence-electron chi connectivity index (χ4n) is 3.46. The maximum absolute atomic E-state index is 12.9. The van der Waals surface area contributed by atoms with Gasteiger partial charge in [-0.25, -0.2) is 13.4 Å². The molecule has 0 spiro atoms. The normalized spacial score (nSPS) is 16.5. The van der Waals surface area contributed by atoms with Crippen molar-refractivity contribution in [1.82, 2.24) is 13.9 Å². The van der Waals surface area contributed by atoms with E-state index in [1.165, 1.54) is 38.1 Å². The van der Waals surface area contributed by atoms with Crippen molar-refractivity contribution in [2.24, 2.45) is 0 Å². The smallest absolute Gasteiger partial charge is 0.277 e. The summed E-state index contributed by atoms with van der Waals surface area (Å²) >= 11 is 0. The number of nitrogens with zero attached hydrogens (tertiary/aromatic N) is 3. The Labute approximate surface area is 152 Å². The van der Waals surface area contributed by atoms with E-state index in [4.69, 9.17) is 0 Å². The van der Waals surface area contributed by atoms with Gasteiger partial charge in [-0.05, 0) is 36.5 Å². The van der Waals surface area contributed by atoms with E-state index in [1.54, 1.807) is 12.1 Å². The van der Waals surface area contributed by atoms with Gasteiger partial charge in [0.2, 0.25) is 10.0 Å². The number of sulfonamides is 1. The van der Waals surface area contributed by atoms with E-state index in [1.807, 2.05) is 12.1 Å². The Morgan fingerprint density at radius 1 is 1.19 bits per heavy atom. The first-order valence-electron chi connectivity index (χ1n) is 8.76. The highest BCUT2D eigenvalue weighted by Crippen LogP contribution is 2.33. The van der Waals surface area contributed by atoms with E-state index in [9.17, 15) is 17.2 Å². The number of benzene rings is 1. The first kappa shape index (κ1) is 19.0. The van der Waals surface area contributed by atoms with E-state index in [2.05, 4.69) is 4.98 Å². The standard InChI is InChI=1S/C18H23F2N3O2S/c1-22(13-17-21-11-12-23(17)18(19)20)26(24,25)16-9-7-15(8-10-16)14-5-3-2-4-6-14/h7-12,14,18H,2-6,13H2,1H3. The van der Waals surface area contributed by atoms with Gasteiger partial charge in [0.1, 0.15) is 5.82 Å². The van der Waals surface area contributed by atoms with Crippen LogP contribution in [0.15, 0.2) is 41.6 Å². The zero-order valence-corrected chi connectivity index (χ0v) is 15.5. The maximum atomic E-state index is 12.9. The zero-order chi connectivity index (χ0) is 18.7. The Bertz CT molecular complexity index is 828. The molecule has 5 nitrogen and oxygen atoms in total. The monoisotopic (exact) mass is 383 g/mol. The van der Waals surface area contributed by atoms with E-state index in [0.717, 1.165) is 23.3 Å². The second-order valence-corrected chi connectivity index (χ2v) is 8.74. The summed E-state index contributed by atoms with van der Waals surface area (Å²) in [5, 5.41) is 0. The lowest BCUT2D eigenvalue weighted by Crippen LogP contribution is -2.28. The van der Waals surface area contributed by atoms with Gasteiger partial charge in [0.05, 0.1) is 11.4 Å². The van der Waals surface area contributed by atoms with Crippen molar-refractivity contribution in [2.75, 3.05) is 7.05 Å². The lowest BCUT2D eigenvalue weighted by Gasteiger charge is -2.22. The minimum Gasteiger partial charge on any atom is -0.277 e. The minimum absolute atomic E-state index is 0.00454. The molecule has 3 rings (SSSR count). The van der Waals surface area contributed by atoms with Crippen molar-refractivity contribution in [2.45, 2.75) is 56.0 Å². The summed E-state index contributed by atoms with van der Waals surface area (Å²) < 4.78 is 53.0. The lowest BCUT2D eigenvalue weighted by atomic mass is 9.84. The SMILES string of the molecule is CN(Cc1nccn1C(F)F)S(=O)(=O)c1ccc(C2CCCCC2)cc1. The van der Waals surface area contributed by atoms with Gasteiger partial charge in [-0.1, -0.05) is 31.4 Å². The zero-order valence-electron chi connectivity index (χ0n) is 14.7. The fraction of sp³-hybridized carbons (Fsp3) is 0.500. The van der Waals surface area contributed by atoms with E-state index in [-0.39, 0.29) is 17.3 Å². The number of rotatable bonds is 6. The van der Waals surface area contributed by atoms with Crippen LogP contribution >= 0.6 is 0 Å². The Balaban J connectivity index is 1.75. The first-order valence-corrected chi connectivity index (χ1v) is 10.2. The molecular formula is C18H23F2N3O2S. The second-order valence-electron chi connectivity index (χ2n) is 6.69. The van der Waals surface area contributed by atoms with Gasteiger partial charge < -0.3 is 0 Å². The molecule has 1 aliphatic carbocycles. The van der Waals surface area contributed by atoms with Crippen molar-refractivity contribution in [3.63, 3.8) is 0 Å². The number of halogens is 2. The van der Waals surface area contributed by atoms with Crippen molar-refractivity contribution in [1.29, 1.82) is 0 Å². The van der Waals surface area contributed by atoms with Crippen LogP contribution in [-0.4, -0.2) is 29.3 Å². The quantitative estimate of drug-likeness (QED) is 0.753. The number of hydrogen-bond acceptors (Lipinski definition) is 3. The van der Waals surface area contributed by atoms with Crippen molar-refractivity contribution in [3.8, 4) is 0 Å². The molecule has 2 aromatic rings. The van der Waals surface area contributed by atoms with Gasteiger partial charge >= 0.3 is 6.55 Å². The van der Waals surface area contributed by atoms with Gasteiger partial charge in [0.25, 0.3) is 0 Å². The van der Waals surface area contributed by atoms with Gasteiger partial charge in [-0.3, -0.25) is 4.57 Å². The van der Waals surface area contributed by atoms with Gasteiger partial charge in [-0.2, -0.15) is 13.1 Å². The van der Waals surface area contributed by atoms with E-state index < -0.39 is 16.6 Å². The number of alkyl halides is 2. The Kier molecular flexibility index (Phi) is 5.72. The Hall–Kier alpha value is -1.80. The number of imidazole rings is 1. The molecule has 1 saturated carbocycles. The summed E-state index contributed by atoms with van der Waals surface area (Å²) in [4.78, 5) is 4.00. The molecule has 1 aromatic carbocycles. The van der Waals surface area contributed by atoms with Crippen molar-refractivity contribution < 1.29 is 17.2 Å². The highest BCUT2D eigenvalue weighted by molar-refractivity contribution is 7.89. The van der Waals surface area contributed by atoms with Gasteiger partial charge in [-0.15, -0.1) is 0 Å². The van der Waals surface area contributed by atoms with Crippen LogP contribution in [0.25, 0.3) is 0 Å². The lowest BCUT2D eigenvalue weighted by molar-refractivity contribution is 0.0658. The predicted octanol–water partition coefficient (Wildman–Crippen LogP) is 4.15. The number of hydrogen-bond donors (Lipinski definition) is 0. The second kappa shape index (κ2) is 7.84. The van der Waals surface area contributed by atoms with Crippen LogP contribution in [0.2, 0.25) is 0 Å². The van der Waals surface area contributed by atoms with Crippen LogP contribution in [0.5, 0.6) is 0 Å². The molecule has 0 bridgehead atoms. The molecule has 0 radical (unpaired) electrons. The molecule has 0 saturated heterocycles. The summed E-state index contributed by atoms with van der Waals surface area (Å²) in [6.07, 6.45) is 8.35. The van der Waals surface area contributed by atoms with Crippen molar-refractivity contribution >= 4 is 10.0 Å². The predicted molar refractivity (Wildman–Crippen MR) is 94.4 cm³/mol. The van der Waals surface area contributed by atoms with Crippen LogP contribution in [0.4, 0.5) is 8.78 Å². The third-order valence-corrected chi connectivity index (χ3v) is 6.81. The Morgan fingerprint density at radius 3 is 2.46 bits per heavy atom. The molecule has 1 aliphatic rings. The van der Waals surface area contributed by atoms with Crippen LogP contribution in [0.1, 0.15) is 56.0 Å². The van der Waals surface area contributed by atoms with Gasteiger partial charge in [0.15, 0.2) is 0 Å².